The zero-order valence-corrected chi connectivity index (χ0v) is 14.8. The second kappa shape index (κ2) is 6.93. The molecule has 0 saturated carbocycles. The molecule has 4 rings (SSSR count). The first-order chi connectivity index (χ1) is 12.7. The number of carbonyl (C=O) groups excluding carboxylic acids is 1. The van der Waals surface area contributed by atoms with Gasteiger partial charge in [-0.25, -0.2) is 0 Å². The molecule has 2 heterocycles. The Labute approximate surface area is 154 Å². The highest BCUT2D eigenvalue weighted by Gasteiger charge is 2.41. The molecule has 26 heavy (non-hydrogen) atoms. The molecule has 1 unspecified atom stereocenters. The second-order valence-electron chi connectivity index (χ2n) is 7.28. The van der Waals surface area contributed by atoms with Crippen LogP contribution in [0.5, 0.6) is 5.75 Å². The predicted octanol–water partition coefficient (Wildman–Crippen LogP) is 3.95. The largest absolute Gasteiger partial charge is 0.486 e. The van der Waals surface area contributed by atoms with E-state index in [0.717, 1.165) is 55.8 Å². The van der Waals surface area contributed by atoms with E-state index in [1.807, 2.05) is 48.5 Å². The summed E-state index contributed by atoms with van der Waals surface area (Å²) in [5, 5.41) is 9.30. The van der Waals surface area contributed by atoms with Crippen LogP contribution in [0.2, 0.25) is 0 Å². The molecule has 1 atom stereocenters. The van der Waals surface area contributed by atoms with Crippen LogP contribution in [-0.4, -0.2) is 29.4 Å². The highest BCUT2D eigenvalue weighted by Crippen LogP contribution is 2.39. The molecular formula is C22H22N2O2. The first kappa shape index (κ1) is 16.8. The van der Waals surface area contributed by atoms with E-state index < -0.39 is 0 Å². The van der Waals surface area contributed by atoms with Crippen LogP contribution in [0, 0.1) is 11.3 Å². The van der Waals surface area contributed by atoms with Crippen molar-refractivity contribution in [2.45, 2.75) is 37.8 Å². The second-order valence-corrected chi connectivity index (χ2v) is 7.28. The van der Waals surface area contributed by atoms with Crippen molar-refractivity contribution in [3.63, 3.8) is 0 Å². The van der Waals surface area contributed by atoms with Crippen molar-refractivity contribution in [1.29, 1.82) is 5.26 Å². The van der Waals surface area contributed by atoms with Gasteiger partial charge in [0.25, 0.3) is 0 Å². The topological polar surface area (TPSA) is 53.3 Å². The van der Waals surface area contributed by atoms with Gasteiger partial charge in [0, 0.05) is 19.5 Å². The van der Waals surface area contributed by atoms with Crippen LogP contribution in [0.4, 0.5) is 0 Å². The lowest BCUT2D eigenvalue weighted by atomic mass is 9.84. The molecule has 0 aliphatic carbocycles. The number of hydrogen-bond acceptors (Lipinski definition) is 4. The van der Waals surface area contributed by atoms with Gasteiger partial charge in [-0.3, -0.25) is 9.69 Å². The zero-order valence-electron chi connectivity index (χ0n) is 14.8. The van der Waals surface area contributed by atoms with Gasteiger partial charge in [0.05, 0.1) is 23.6 Å². The van der Waals surface area contributed by atoms with Crippen molar-refractivity contribution in [3.05, 3.63) is 65.2 Å². The monoisotopic (exact) mass is 346 g/mol. The average molecular weight is 346 g/mol. The van der Waals surface area contributed by atoms with Crippen molar-refractivity contribution in [2.75, 3.05) is 13.1 Å². The standard InChI is InChI=1S/C22H22N2O2/c23-15-17-6-1-2-7-18(17)16-24-12-5-10-22(11-13-24)14-20(25)19-8-3-4-9-21(19)26-22/h1-4,6-9H,5,10-14,16H2. The molecule has 4 heteroatoms. The molecule has 1 saturated heterocycles. The molecule has 2 aliphatic heterocycles. The van der Waals surface area contributed by atoms with E-state index >= 15 is 0 Å². The van der Waals surface area contributed by atoms with Crippen molar-refractivity contribution in [3.8, 4) is 11.8 Å². The third-order valence-corrected chi connectivity index (χ3v) is 5.52. The molecule has 1 fully saturated rings. The normalized spacial score (nSPS) is 23.0. The summed E-state index contributed by atoms with van der Waals surface area (Å²) in [7, 11) is 0. The summed E-state index contributed by atoms with van der Waals surface area (Å²) in [5.74, 6) is 0.919. The molecule has 0 radical (unpaired) electrons. The lowest BCUT2D eigenvalue weighted by molar-refractivity contribution is 0.0299. The van der Waals surface area contributed by atoms with Gasteiger partial charge in [0.2, 0.25) is 0 Å². The summed E-state index contributed by atoms with van der Waals surface area (Å²) in [6, 6.07) is 17.6. The molecule has 4 nitrogen and oxygen atoms in total. The average Bonchev–Trinajstić information content (AvgIpc) is 2.84. The number of carbonyl (C=O) groups is 1. The van der Waals surface area contributed by atoms with Crippen LogP contribution in [0.3, 0.4) is 0 Å². The minimum atomic E-state index is -0.380. The van der Waals surface area contributed by atoms with Gasteiger partial charge in [0.1, 0.15) is 11.4 Å². The Balaban J connectivity index is 1.49. The maximum Gasteiger partial charge on any atom is 0.170 e. The quantitative estimate of drug-likeness (QED) is 0.826. The Bertz CT molecular complexity index is 870. The van der Waals surface area contributed by atoms with Crippen LogP contribution in [0.25, 0.3) is 0 Å². The fraction of sp³-hybridized carbons (Fsp3) is 0.364. The SMILES string of the molecule is N#Cc1ccccc1CN1CCCC2(CC1)CC(=O)c1ccccc1O2. The highest BCUT2D eigenvalue weighted by molar-refractivity contribution is 6.00. The first-order valence-electron chi connectivity index (χ1n) is 9.21. The number of hydrogen-bond donors (Lipinski definition) is 0. The van der Waals surface area contributed by atoms with E-state index in [4.69, 9.17) is 4.74 Å². The van der Waals surface area contributed by atoms with Crippen LogP contribution in [0.15, 0.2) is 48.5 Å². The van der Waals surface area contributed by atoms with E-state index in [1.54, 1.807) is 0 Å². The van der Waals surface area contributed by atoms with Crippen molar-refractivity contribution in [1.82, 2.24) is 4.90 Å². The number of likely N-dealkylation sites (tertiary alicyclic amines) is 1. The molecule has 0 bridgehead atoms. The van der Waals surface area contributed by atoms with E-state index in [1.165, 1.54) is 0 Å². The number of ether oxygens (including phenoxy) is 1. The Kier molecular flexibility index (Phi) is 4.48. The van der Waals surface area contributed by atoms with Gasteiger partial charge in [0.15, 0.2) is 5.78 Å². The van der Waals surface area contributed by atoms with E-state index in [0.29, 0.717) is 12.0 Å². The van der Waals surface area contributed by atoms with Crippen molar-refractivity contribution in [2.24, 2.45) is 0 Å². The molecule has 2 aromatic carbocycles. The maximum atomic E-state index is 12.6. The van der Waals surface area contributed by atoms with Gasteiger partial charge in [-0.1, -0.05) is 30.3 Å². The van der Waals surface area contributed by atoms with Gasteiger partial charge in [-0.2, -0.15) is 5.26 Å². The minimum absolute atomic E-state index is 0.190. The van der Waals surface area contributed by atoms with E-state index in [-0.39, 0.29) is 11.4 Å². The molecule has 2 aliphatic rings. The van der Waals surface area contributed by atoms with Gasteiger partial charge < -0.3 is 4.74 Å². The Morgan fingerprint density at radius 2 is 1.88 bits per heavy atom. The summed E-state index contributed by atoms with van der Waals surface area (Å²) in [6.45, 7) is 2.60. The van der Waals surface area contributed by atoms with Gasteiger partial charge >= 0.3 is 0 Å². The summed E-state index contributed by atoms with van der Waals surface area (Å²) in [6.07, 6.45) is 3.18. The first-order valence-corrected chi connectivity index (χ1v) is 9.21. The lowest BCUT2D eigenvalue weighted by Gasteiger charge is -2.37. The molecule has 0 amide bonds. The Morgan fingerprint density at radius 1 is 1.08 bits per heavy atom. The predicted molar refractivity (Wildman–Crippen MR) is 99.0 cm³/mol. The summed E-state index contributed by atoms with van der Waals surface area (Å²) < 4.78 is 6.35. The summed E-state index contributed by atoms with van der Waals surface area (Å²) in [5.41, 5.74) is 2.14. The molecular weight excluding hydrogens is 324 g/mol. The Hall–Kier alpha value is -2.64. The number of nitrogens with zero attached hydrogens (tertiary/aromatic N) is 2. The number of nitriles is 1. The lowest BCUT2D eigenvalue weighted by Crippen LogP contribution is -2.42. The number of Topliss-reactive ketones (excluding diaryl/α,β-unsaturated/α-hetero) is 1. The van der Waals surface area contributed by atoms with Crippen molar-refractivity contribution < 1.29 is 9.53 Å². The summed E-state index contributed by atoms with van der Waals surface area (Å²) in [4.78, 5) is 15.0. The number of benzene rings is 2. The van der Waals surface area contributed by atoms with E-state index in [2.05, 4.69) is 11.0 Å². The third-order valence-electron chi connectivity index (χ3n) is 5.52. The fourth-order valence-corrected chi connectivity index (χ4v) is 4.11. The van der Waals surface area contributed by atoms with Crippen LogP contribution >= 0.6 is 0 Å². The van der Waals surface area contributed by atoms with Crippen molar-refractivity contribution >= 4 is 5.78 Å². The number of fused-ring (bicyclic) bond motifs is 1. The highest BCUT2D eigenvalue weighted by atomic mass is 16.5. The molecule has 0 N–H and O–H groups in total. The molecule has 2 aromatic rings. The zero-order chi connectivity index (χ0) is 18.0. The maximum absolute atomic E-state index is 12.6. The minimum Gasteiger partial charge on any atom is -0.486 e. The van der Waals surface area contributed by atoms with Crippen LogP contribution in [0.1, 0.15) is 47.2 Å². The molecule has 0 aromatic heterocycles. The van der Waals surface area contributed by atoms with E-state index in [9.17, 15) is 10.1 Å². The Morgan fingerprint density at radius 3 is 2.77 bits per heavy atom. The van der Waals surface area contributed by atoms with Crippen LogP contribution in [-0.2, 0) is 6.54 Å². The number of rotatable bonds is 2. The smallest absolute Gasteiger partial charge is 0.170 e. The molecule has 132 valence electrons. The van der Waals surface area contributed by atoms with Gasteiger partial charge in [-0.15, -0.1) is 0 Å². The number of para-hydroxylation sites is 1. The fourth-order valence-electron chi connectivity index (χ4n) is 4.11. The number of ketones is 1. The van der Waals surface area contributed by atoms with Crippen LogP contribution < -0.4 is 4.74 Å². The van der Waals surface area contributed by atoms with Gasteiger partial charge in [-0.05, 0) is 43.1 Å². The summed E-state index contributed by atoms with van der Waals surface area (Å²) >= 11 is 0. The third kappa shape index (κ3) is 3.23. The molecule has 1 spiro atoms.